The Morgan fingerprint density at radius 3 is 2.65 bits per heavy atom. The molecular weight excluding hydrogens is 254 g/mol. The molecule has 0 bridgehead atoms. The molecule has 1 aromatic carbocycles. The Morgan fingerprint density at radius 1 is 1.25 bits per heavy atom. The molecular formula is C16H17NO3. The minimum absolute atomic E-state index is 0.343. The molecule has 4 heteroatoms. The summed E-state index contributed by atoms with van der Waals surface area (Å²) in [6.07, 6.45) is 3.79. The number of carbonyl (C=O) groups is 1. The Bertz CT molecular complexity index is 596. The summed E-state index contributed by atoms with van der Waals surface area (Å²) in [4.78, 5) is 10.6. The highest BCUT2D eigenvalue weighted by Crippen LogP contribution is 2.16. The number of carbonyl (C=O) groups excluding carboxylic acids is 1. The molecule has 2 aromatic rings. The van der Waals surface area contributed by atoms with Crippen molar-refractivity contribution in [2.45, 2.75) is 20.0 Å². The molecule has 0 fully saturated rings. The molecule has 2 rings (SSSR count). The molecule has 1 aromatic heterocycles. The summed E-state index contributed by atoms with van der Waals surface area (Å²) in [6.45, 7) is 2.45. The fraction of sp³-hybridized carbons (Fsp3) is 0.188. The molecule has 1 heterocycles. The van der Waals surface area contributed by atoms with Crippen LogP contribution in [0.1, 0.15) is 24.0 Å². The second-order valence-electron chi connectivity index (χ2n) is 4.33. The van der Waals surface area contributed by atoms with Gasteiger partial charge in [-0.25, -0.2) is 0 Å². The molecule has 0 aliphatic rings. The summed E-state index contributed by atoms with van der Waals surface area (Å²) < 4.78 is 11.1. The van der Waals surface area contributed by atoms with Crippen molar-refractivity contribution in [2.75, 3.05) is 0 Å². The monoisotopic (exact) mass is 271 g/mol. The maximum Gasteiger partial charge on any atom is 0.241 e. The number of rotatable bonds is 6. The Balaban J connectivity index is 1.91. The first-order chi connectivity index (χ1) is 9.67. The van der Waals surface area contributed by atoms with E-state index in [4.69, 9.17) is 14.9 Å². The van der Waals surface area contributed by atoms with Gasteiger partial charge in [0.15, 0.2) is 0 Å². The van der Waals surface area contributed by atoms with Crippen molar-refractivity contribution in [3.8, 4) is 5.75 Å². The van der Waals surface area contributed by atoms with E-state index in [9.17, 15) is 4.79 Å². The van der Waals surface area contributed by atoms with Crippen LogP contribution in [0.4, 0.5) is 0 Å². The predicted molar refractivity (Wildman–Crippen MR) is 77.1 cm³/mol. The number of ether oxygens (including phenoxy) is 1. The van der Waals surface area contributed by atoms with E-state index in [1.165, 1.54) is 17.7 Å². The summed E-state index contributed by atoms with van der Waals surface area (Å²) >= 11 is 0. The standard InChI is InChI=1S/C16H17NO3/c1-2-12-3-5-13(6-4-12)19-11-15-8-7-14(20-15)9-10-16(17)18/h3-10H,2,11H2,1H3,(H2,17,18)/b10-9-. The summed E-state index contributed by atoms with van der Waals surface area (Å²) in [6, 6.07) is 11.5. The van der Waals surface area contributed by atoms with Gasteiger partial charge in [0.1, 0.15) is 23.9 Å². The van der Waals surface area contributed by atoms with Crippen molar-refractivity contribution in [1.82, 2.24) is 0 Å². The van der Waals surface area contributed by atoms with E-state index in [0.717, 1.165) is 12.2 Å². The van der Waals surface area contributed by atoms with Crippen LogP contribution < -0.4 is 10.5 Å². The minimum Gasteiger partial charge on any atom is -0.486 e. The van der Waals surface area contributed by atoms with Crippen LogP contribution in [0.5, 0.6) is 5.75 Å². The van der Waals surface area contributed by atoms with Gasteiger partial charge in [0, 0.05) is 6.08 Å². The summed E-state index contributed by atoms with van der Waals surface area (Å²) in [5.74, 6) is 1.56. The first-order valence-corrected chi connectivity index (χ1v) is 6.45. The second-order valence-corrected chi connectivity index (χ2v) is 4.33. The molecule has 0 atom stereocenters. The number of aryl methyl sites for hydroxylation is 1. The van der Waals surface area contributed by atoms with Crippen LogP contribution in [0.15, 0.2) is 46.9 Å². The first kappa shape index (κ1) is 13.9. The molecule has 104 valence electrons. The Kier molecular flexibility index (Phi) is 4.60. The molecule has 4 nitrogen and oxygen atoms in total. The number of benzene rings is 1. The van der Waals surface area contributed by atoms with E-state index in [-0.39, 0.29) is 0 Å². The summed E-state index contributed by atoms with van der Waals surface area (Å²) in [7, 11) is 0. The number of hydrogen-bond donors (Lipinski definition) is 1. The lowest BCUT2D eigenvalue weighted by Gasteiger charge is -2.04. The van der Waals surface area contributed by atoms with Gasteiger partial charge >= 0.3 is 0 Å². The van der Waals surface area contributed by atoms with E-state index in [1.807, 2.05) is 24.3 Å². The van der Waals surface area contributed by atoms with Gasteiger partial charge in [0.05, 0.1) is 0 Å². The van der Waals surface area contributed by atoms with Crippen LogP contribution in [0.25, 0.3) is 6.08 Å². The Labute approximate surface area is 117 Å². The average Bonchev–Trinajstić information content (AvgIpc) is 2.91. The zero-order chi connectivity index (χ0) is 14.4. The van der Waals surface area contributed by atoms with E-state index >= 15 is 0 Å². The van der Waals surface area contributed by atoms with Gasteiger partial charge in [-0.1, -0.05) is 19.1 Å². The van der Waals surface area contributed by atoms with Crippen LogP contribution in [0, 0.1) is 0 Å². The zero-order valence-electron chi connectivity index (χ0n) is 11.3. The first-order valence-electron chi connectivity index (χ1n) is 6.45. The highest BCUT2D eigenvalue weighted by molar-refractivity contribution is 5.89. The average molecular weight is 271 g/mol. The number of primary amides is 1. The molecule has 0 radical (unpaired) electrons. The molecule has 20 heavy (non-hydrogen) atoms. The molecule has 2 N–H and O–H groups in total. The lowest BCUT2D eigenvalue weighted by molar-refractivity contribution is -0.113. The van der Waals surface area contributed by atoms with Crippen LogP contribution in [0.3, 0.4) is 0 Å². The summed E-state index contributed by atoms with van der Waals surface area (Å²) in [5.41, 5.74) is 6.29. The molecule has 0 unspecified atom stereocenters. The SMILES string of the molecule is CCc1ccc(OCc2ccc(/C=C\C(N)=O)o2)cc1. The molecule has 0 spiro atoms. The smallest absolute Gasteiger partial charge is 0.241 e. The highest BCUT2D eigenvalue weighted by Gasteiger charge is 2.01. The topological polar surface area (TPSA) is 65.5 Å². The van der Waals surface area contributed by atoms with Gasteiger partial charge in [-0.3, -0.25) is 4.79 Å². The van der Waals surface area contributed by atoms with E-state index < -0.39 is 5.91 Å². The lowest BCUT2D eigenvalue weighted by atomic mass is 10.2. The third kappa shape index (κ3) is 4.02. The number of nitrogens with two attached hydrogens (primary N) is 1. The van der Waals surface area contributed by atoms with Crippen LogP contribution >= 0.6 is 0 Å². The highest BCUT2D eigenvalue weighted by atomic mass is 16.5. The van der Waals surface area contributed by atoms with Crippen molar-refractivity contribution >= 4 is 12.0 Å². The minimum atomic E-state index is -0.504. The maximum absolute atomic E-state index is 10.6. The summed E-state index contributed by atoms with van der Waals surface area (Å²) in [5, 5.41) is 0. The van der Waals surface area contributed by atoms with Crippen molar-refractivity contribution < 1.29 is 13.9 Å². The number of hydrogen-bond acceptors (Lipinski definition) is 3. The van der Waals surface area contributed by atoms with E-state index in [0.29, 0.717) is 18.1 Å². The fourth-order valence-electron chi connectivity index (χ4n) is 1.70. The van der Waals surface area contributed by atoms with Crippen molar-refractivity contribution in [1.29, 1.82) is 0 Å². The van der Waals surface area contributed by atoms with Crippen molar-refractivity contribution in [2.24, 2.45) is 5.73 Å². The van der Waals surface area contributed by atoms with E-state index in [1.54, 1.807) is 12.1 Å². The zero-order valence-corrected chi connectivity index (χ0v) is 11.3. The molecule has 1 amide bonds. The second kappa shape index (κ2) is 6.61. The number of amides is 1. The van der Waals surface area contributed by atoms with Crippen LogP contribution in [-0.2, 0) is 17.8 Å². The van der Waals surface area contributed by atoms with Gasteiger partial charge in [-0.05, 0) is 42.3 Å². The van der Waals surface area contributed by atoms with Crippen LogP contribution in [0.2, 0.25) is 0 Å². The predicted octanol–water partition coefficient (Wildman–Crippen LogP) is 2.92. The number of furan rings is 1. The van der Waals surface area contributed by atoms with Crippen molar-refractivity contribution in [3.63, 3.8) is 0 Å². The largest absolute Gasteiger partial charge is 0.486 e. The third-order valence-electron chi connectivity index (χ3n) is 2.81. The van der Waals surface area contributed by atoms with Crippen molar-refractivity contribution in [3.05, 3.63) is 59.6 Å². The van der Waals surface area contributed by atoms with Gasteiger partial charge in [0.25, 0.3) is 0 Å². The molecule has 0 aliphatic heterocycles. The quantitative estimate of drug-likeness (QED) is 0.821. The van der Waals surface area contributed by atoms with Gasteiger partial charge in [-0.15, -0.1) is 0 Å². The Morgan fingerprint density at radius 2 is 2.00 bits per heavy atom. The molecule has 0 saturated heterocycles. The molecule has 0 aliphatic carbocycles. The Hall–Kier alpha value is -2.49. The van der Waals surface area contributed by atoms with E-state index in [2.05, 4.69) is 6.92 Å². The third-order valence-corrected chi connectivity index (χ3v) is 2.81. The van der Waals surface area contributed by atoms with Gasteiger partial charge < -0.3 is 14.9 Å². The van der Waals surface area contributed by atoms with Crippen LogP contribution in [-0.4, -0.2) is 5.91 Å². The normalized spacial score (nSPS) is 10.8. The molecule has 0 saturated carbocycles. The maximum atomic E-state index is 10.6. The van der Waals surface area contributed by atoms with Gasteiger partial charge in [-0.2, -0.15) is 0 Å². The van der Waals surface area contributed by atoms with Gasteiger partial charge in [0.2, 0.25) is 5.91 Å². The lowest BCUT2D eigenvalue weighted by Crippen LogP contribution is -2.04. The fourth-order valence-corrected chi connectivity index (χ4v) is 1.70.